The number of carbonyl (C=O) groups is 1. The van der Waals surface area contributed by atoms with E-state index in [-0.39, 0.29) is 6.42 Å². The van der Waals surface area contributed by atoms with E-state index in [1.807, 2.05) is 0 Å². The van der Waals surface area contributed by atoms with Gasteiger partial charge in [-0.25, -0.2) is 0 Å². The van der Waals surface area contributed by atoms with E-state index in [4.69, 9.17) is 20.9 Å². The minimum atomic E-state index is -1.28. The van der Waals surface area contributed by atoms with Crippen molar-refractivity contribution in [2.24, 2.45) is 5.73 Å². The molecule has 5 N–H and O–H groups in total. The van der Waals surface area contributed by atoms with Crippen LogP contribution in [0.3, 0.4) is 0 Å². The maximum atomic E-state index is 10.4. The lowest BCUT2D eigenvalue weighted by Crippen LogP contribution is -2.38. The summed E-state index contributed by atoms with van der Waals surface area (Å²) in [5, 5.41) is 25.6. The standard InChI is InChI=1S/C8H18BNO4/c1-8(10,6-7(11)12)4-2-3-5-9(13)14/h13-14H,2-6,10H2,1H3,(H,11,12). The third kappa shape index (κ3) is 8.03. The van der Waals surface area contributed by atoms with E-state index >= 15 is 0 Å². The number of rotatable bonds is 7. The first-order chi connectivity index (χ1) is 6.33. The van der Waals surface area contributed by atoms with Crippen LogP contribution < -0.4 is 5.73 Å². The Balaban J connectivity index is 3.60. The topological polar surface area (TPSA) is 104 Å². The molecule has 0 aromatic carbocycles. The molecule has 5 nitrogen and oxygen atoms in total. The van der Waals surface area contributed by atoms with E-state index in [9.17, 15) is 4.79 Å². The first-order valence-corrected chi connectivity index (χ1v) is 4.70. The van der Waals surface area contributed by atoms with Gasteiger partial charge in [0.25, 0.3) is 0 Å². The van der Waals surface area contributed by atoms with Crippen molar-refractivity contribution in [2.75, 3.05) is 0 Å². The number of hydrogen-bond donors (Lipinski definition) is 4. The molecule has 0 bridgehead atoms. The second kappa shape index (κ2) is 6.00. The molecule has 0 aromatic rings. The number of carboxylic acid groups (broad SMARTS) is 1. The molecule has 0 aromatic heterocycles. The van der Waals surface area contributed by atoms with E-state index in [0.717, 1.165) is 0 Å². The van der Waals surface area contributed by atoms with Gasteiger partial charge in [0.2, 0.25) is 0 Å². The highest BCUT2D eigenvalue weighted by molar-refractivity contribution is 6.40. The molecular weight excluding hydrogens is 185 g/mol. The van der Waals surface area contributed by atoms with Crippen molar-refractivity contribution in [3.63, 3.8) is 0 Å². The maximum absolute atomic E-state index is 10.4. The molecule has 0 aliphatic carbocycles. The smallest absolute Gasteiger partial charge is 0.451 e. The second-order valence-electron chi connectivity index (χ2n) is 3.95. The van der Waals surface area contributed by atoms with Crippen LogP contribution in [0.25, 0.3) is 0 Å². The Bertz CT molecular complexity index is 184. The Labute approximate surface area is 84.1 Å². The van der Waals surface area contributed by atoms with Crippen molar-refractivity contribution in [1.29, 1.82) is 0 Å². The van der Waals surface area contributed by atoms with Crippen LogP contribution in [-0.2, 0) is 4.79 Å². The van der Waals surface area contributed by atoms with Crippen LogP contribution in [0.1, 0.15) is 32.6 Å². The van der Waals surface area contributed by atoms with Gasteiger partial charge in [-0.1, -0.05) is 12.8 Å². The quantitative estimate of drug-likeness (QED) is 0.339. The second-order valence-corrected chi connectivity index (χ2v) is 3.95. The number of aliphatic carboxylic acids is 1. The molecule has 0 fully saturated rings. The highest BCUT2D eigenvalue weighted by Gasteiger charge is 2.21. The molecule has 0 saturated carbocycles. The third-order valence-corrected chi connectivity index (χ3v) is 2.02. The van der Waals surface area contributed by atoms with Gasteiger partial charge in [-0.3, -0.25) is 4.79 Å². The number of nitrogens with two attached hydrogens (primary N) is 1. The predicted octanol–water partition coefficient (Wildman–Crippen LogP) is -0.178. The van der Waals surface area contributed by atoms with Gasteiger partial charge in [0, 0.05) is 5.54 Å². The Kier molecular flexibility index (Phi) is 5.75. The lowest BCUT2D eigenvalue weighted by atomic mass is 9.82. The van der Waals surface area contributed by atoms with Gasteiger partial charge in [-0.2, -0.15) is 0 Å². The third-order valence-electron chi connectivity index (χ3n) is 2.02. The number of unbranched alkanes of at least 4 members (excludes halogenated alkanes) is 1. The van der Waals surface area contributed by atoms with E-state index in [1.54, 1.807) is 6.92 Å². The Morgan fingerprint density at radius 3 is 2.43 bits per heavy atom. The van der Waals surface area contributed by atoms with Crippen LogP contribution >= 0.6 is 0 Å². The summed E-state index contributed by atoms with van der Waals surface area (Å²) < 4.78 is 0. The first kappa shape index (κ1) is 13.4. The zero-order valence-corrected chi connectivity index (χ0v) is 8.44. The molecule has 0 aliphatic heterocycles. The van der Waals surface area contributed by atoms with Crippen LogP contribution in [-0.4, -0.2) is 33.8 Å². The Morgan fingerprint density at radius 1 is 1.43 bits per heavy atom. The summed E-state index contributed by atoms with van der Waals surface area (Å²) in [6.07, 6.45) is 2.17. The minimum absolute atomic E-state index is 0.0608. The Hall–Kier alpha value is -0.585. The molecule has 6 heteroatoms. The highest BCUT2D eigenvalue weighted by Crippen LogP contribution is 2.16. The van der Waals surface area contributed by atoms with Gasteiger partial charge >= 0.3 is 13.1 Å². The fourth-order valence-electron chi connectivity index (χ4n) is 1.29. The van der Waals surface area contributed by atoms with Crippen molar-refractivity contribution < 1.29 is 19.9 Å². The molecule has 0 spiro atoms. The minimum Gasteiger partial charge on any atom is -0.481 e. The lowest BCUT2D eigenvalue weighted by Gasteiger charge is -2.22. The van der Waals surface area contributed by atoms with Crippen LogP contribution in [0.15, 0.2) is 0 Å². The summed E-state index contributed by atoms with van der Waals surface area (Å²) in [4.78, 5) is 10.4. The summed E-state index contributed by atoms with van der Waals surface area (Å²) in [5.41, 5.74) is 5.03. The monoisotopic (exact) mass is 203 g/mol. The largest absolute Gasteiger partial charge is 0.481 e. The summed E-state index contributed by atoms with van der Waals surface area (Å²) in [6, 6.07) is 0. The molecule has 0 aliphatic rings. The van der Waals surface area contributed by atoms with E-state index < -0.39 is 18.6 Å². The fraction of sp³-hybridized carbons (Fsp3) is 0.875. The van der Waals surface area contributed by atoms with Gasteiger partial charge in [0.15, 0.2) is 0 Å². The normalized spacial score (nSPS) is 14.9. The fourth-order valence-corrected chi connectivity index (χ4v) is 1.29. The number of carboxylic acids is 1. The zero-order valence-electron chi connectivity index (χ0n) is 8.44. The summed E-state index contributed by atoms with van der Waals surface area (Å²) in [7, 11) is -1.28. The van der Waals surface area contributed by atoms with Crippen LogP contribution in [0, 0.1) is 0 Å². The van der Waals surface area contributed by atoms with Crippen LogP contribution in [0.4, 0.5) is 0 Å². The summed E-state index contributed by atoms with van der Waals surface area (Å²) >= 11 is 0. The molecular formula is C8H18BNO4. The summed E-state index contributed by atoms with van der Waals surface area (Å²) in [6.45, 7) is 1.69. The molecule has 82 valence electrons. The molecule has 0 saturated heterocycles. The van der Waals surface area contributed by atoms with Gasteiger partial charge in [-0.05, 0) is 19.7 Å². The van der Waals surface area contributed by atoms with Gasteiger partial charge < -0.3 is 20.9 Å². The lowest BCUT2D eigenvalue weighted by molar-refractivity contribution is -0.138. The zero-order chi connectivity index (χ0) is 11.2. The van der Waals surface area contributed by atoms with Crippen LogP contribution in [0.5, 0.6) is 0 Å². The predicted molar refractivity (Wildman–Crippen MR) is 53.7 cm³/mol. The number of hydrogen-bond acceptors (Lipinski definition) is 4. The molecule has 0 radical (unpaired) electrons. The van der Waals surface area contributed by atoms with E-state index in [2.05, 4.69) is 0 Å². The van der Waals surface area contributed by atoms with Gasteiger partial charge in [0.1, 0.15) is 0 Å². The van der Waals surface area contributed by atoms with Crippen LogP contribution in [0.2, 0.25) is 6.32 Å². The van der Waals surface area contributed by atoms with Crippen molar-refractivity contribution >= 4 is 13.1 Å². The first-order valence-electron chi connectivity index (χ1n) is 4.70. The Morgan fingerprint density at radius 2 is 2.00 bits per heavy atom. The molecule has 0 rings (SSSR count). The van der Waals surface area contributed by atoms with Gasteiger partial charge in [0.05, 0.1) is 6.42 Å². The van der Waals surface area contributed by atoms with Crippen molar-refractivity contribution in [3.8, 4) is 0 Å². The molecule has 0 amide bonds. The molecule has 1 atom stereocenters. The average molecular weight is 203 g/mol. The van der Waals surface area contributed by atoms with Crippen molar-refractivity contribution in [1.82, 2.24) is 0 Å². The SMILES string of the molecule is CC(N)(CCCCB(O)O)CC(=O)O. The van der Waals surface area contributed by atoms with Crippen molar-refractivity contribution in [2.45, 2.75) is 44.5 Å². The summed E-state index contributed by atoms with van der Waals surface area (Å²) in [5.74, 6) is -0.905. The van der Waals surface area contributed by atoms with E-state index in [1.165, 1.54) is 0 Å². The van der Waals surface area contributed by atoms with E-state index in [0.29, 0.717) is 25.6 Å². The molecule has 14 heavy (non-hydrogen) atoms. The molecule has 1 unspecified atom stereocenters. The van der Waals surface area contributed by atoms with Gasteiger partial charge in [-0.15, -0.1) is 0 Å². The molecule has 0 heterocycles. The highest BCUT2D eigenvalue weighted by atomic mass is 16.4. The average Bonchev–Trinajstić information content (AvgIpc) is 1.95. The van der Waals surface area contributed by atoms with Crippen molar-refractivity contribution in [3.05, 3.63) is 0 Å². The maximum Gasteiger partial charge on any atom is 0.451 e.